The largest absolute Gasteiger partial charge is 0.462 e. The van der Waals surface area contributed by atoms with E-state index in [0.29, 0.717) is 41.4 Å². The Balaban J connectivity index is 1.16. The second-order valence-electron chi connectivity index (χ2n) is 19.6. The van der Waals surface area contributed by atoms with Crippen molar-refractivity contribution >= 4 is 11.9 Å². The topological polar surface area (TPSA) is 87.9 Å². The molecule has 0 unspecified atom stereocenters. The maximum Gasteiger partial charge on any atom is 0.302 e. The van der Waals surface area contributed by atoms with E-state index in [1.54, 1.807) is 6.92 Å². The summed E-state index contributed by atoms with van der Waals surface area (Å²) < 4.78 is 5.98. The molecule has 1 aliphatic heterocycles. The summed E-state index contributed by atoms with van der Waals surface area (Å²) in [5.74, 6) is 3.82. The Labute approximate surface area is 300 Å². The third-order valence-electron chi connectivity index (χ3n) is 17.4. The van der Waals surface area contributed by atoms with E-state index in [2.05, 4.69) is 63.6 Å². The number of hydrogen-bond donors (Lipinski definition) is 2. The highest BCUT2D eigenvalue weighted by Crippen LogP contribution is 2.77. The Morgan fingerprint density at radius 3 is 2.10 bits per heavy atom. The van der Waals surface area contributed by atoms with Gasteiger partial charge in [0, 0.05) is 45.1 Å². The van der Waals surface area contributed by atoms with Gasteiger partial charge >= 0.3 is 5.97 Å². The zero-order valence-electron chi connectivity index (χ0n) is 32.9. The van der Waals surface area contributed by atoms with Crippen LogP contribution in [0.25, 0.3) is 0 Å². The number of nitrogens with two attached hydrogens (primary N) is 1. The van der Waals surface area contributed by atoms with Crippen molar-refractivity contribution in [3.8, 4) is 0 Å². The molecule has 6 aliphatic rings. The summed E-state index contributed by atoms with van der Waals surface area (Å²) in [6.45, 7) is 27.7. The van der Waals surface area contributed by atoms with Crippen LogP contribution in [-0.2, 0) is 14.3 Å². The Kier molecular flexibility index (Phi) is 10.7. The van der Waals surface area contributed by atoms with Gasteiger partial charge in [-0.15, -0.1) is 0 Å². The first-order valence-electron chi connectivity index (χ1n) is 20.7. The molecule has 1 amide bonds. The number of hydrogen-bond acceptors (Lipinski definition) is 6. The minimum absolute atomic E-state index is 0.0102. The van der Waals surface area contributed by atoms with Crippen molar-refractivity contribution in [3.63, 3.8) is 0 Å². The smallest absolute Gasteiger partial charge is 0.302 e. The highest BCUT2D eigenvalue weighted by atomic mass is 16.5. The Morgan fingerprint density at radius 2 is 1.45 bits per heavy atom. The molecule has 6 fully saturated rings. The number of fused-ring (bicyclic) bond motifs is 7. The van der Waals surface area contributed by atoms with Gasteiger partial charge in [-0.25, -0.2) is 0 Å². The van der Waals surface area contributed by atoms with Crippen LogP contribution in [0, 0.1) is 62.6 Å². The lowest BCUT2D eigenvalue weighted by Gasteiger charge is -2.73. The van der Waals surface area contributed by atoms with E-state index in [1.165, 1.54) is 38.5 Å². The van der Waals surface area contributed by atoms with E-state index in [0.717, 1.165) is 90.9 Å². The summed E-state index contributed by atoms with van der Waals surface area (Å²) in [5, 5.41) is 3.57. The summed E-state index contributed by atoms with van der Waals surface area (Å²) in [7, 11) is 0. The van der Waals surface area contributed by atoms with Gasteiger partial charge in [-0.1, -0.05) is 48.5 Å². The average Bonchev–Trinajstić information content (AvgIpc) is 3.05. The van der Waals surface area contributed by atoms with Crippen LogP contribution >= 0.6 is 0 Å². The van der Waals surface area contributed by atoms with Crippen molar-refractivity contribution in [2.45, 2.75) is 139 Å². The fraction of sp³-hybridized carbons (Fsp3) is 0.952. The van der Waals surface area contributed by atoms with E-state index in [9.17, 15) is 9.59 Å². The molecular formula is C42H74N4O3. The first-order valence-corrected chi connectivity index (χ1v) is 20.7. The molecule has 1 heterocycles. The van der Waals surface area contributed by atoms with Gasteiger partial charge in [-0.3, -0.25) is 9.59 Å². The molecule has 0 bridgehead atoms. The molecule has 49 heavy (non-hydrogen) atoms. The van der Waals surface area contributed by atoms with Crippen molar-refractivity contribution in [1.82, 2.24) is 15.1 Å². The Bertz CT molecular complexity index is 1200. The zero-order chi connectivity index (χ0) is 35.4. The van der Waals surface area contributed by atoms with Crippen molar-refractivity contribution in [3.05, 3.63) is 0 Å². The maximum absolute atomic E-state index is 14.6. The zero-order valence-corrected chi connectivity index (χ0v) is 32.9. The minimum Gasteiger partial charge on any atom is -0.462 e. The molecule has 7 nitrogen and oxygen atoms in total. The SMILES string of the molecule is CC(=O)O[C@H]1CC[C@]2(C)[C@H]3CC[C@@H]4[C@H]5[C@@H](C)[C@H](C)CC[C@]5(C(=O)NCCCN5CCN(CCCN)CC5)CC[C@@]4(C)[C@]3(C)CC[C@H]2C1(C)C. The van der Waals surface area contributed by atoms with Crippen LogP contribution in [0.3, 0.4) is 0 Å². The number of carbonyl (C=O) groups excluding carboxylic acids is 2. The lowest BCUT2D eigenvalue weighted by atomic mass is 9.31. The molecule has 0 spiro atoms. The summed E-state index contributed by atoms with van der Waals surface area (Å²) in [5.41, 5.74) is 6.27. The normalized spacial score (nSPS) is 45.3. The van der Waals surface area contributed by atoms with Gasteiger partial charge in [0.1, 0.15) is 6.10 Å². The Morgan fingerprint density at radius 1 is 0.776 bits per heavy atom. The molecule has 7 heteroatoms. The molecule has 6 rings (SSSR count). The molecule has 0 aromatic rings. The van der Waals surface area contributed by atoms with Gasteiger partial charge in [0.05, 0.1) is 5.41 Å². The predicted octanol–water partition coefficient (Wildman–Crippen LogP) is 7.13. The first-order chi connectivity index (χ1) is 23.1. The summed E-state index contributed by atoms with van der Waals surface area (Å²) in [4.78, 5) is 31.8. The standard InChI is InChI=1S/C42H74N4O3/c1-29-13-18-42(37(48)44-22-10-24-46-27-25-45(26-28-46)23-9-21-43)20-19-40(7)32(36(42)30(29)2)11-12-34-39(6)16-15-35(49-31(3)47)38(4,5)33(39)14-17-41(34,40)8/h29-30,32-36H,9-28,43H2,1-8H3,(H,44,48)/t29-,30+,32-,33+,34-,35+,36-,39+,40-,41-,42+/m1/s1. The van der Waals surface area contributed by atoms with E-state index in [-0.39, 0.29) is 39.1 Å². The minimum atomic E-state index is -0.209. The fourth-order valence-corrected chi connectivity index (χ4v) is 14.3. The molecule has 11 atom stereocenters. The number of amides is 1. The predicted molar refractivity (Wildman–Crippen MR) is 199 cm³/mol. The molecule has 280 valence electrons. The van der Waals surface area contributed by atoms with Gasteiger partial charge in [-0.05, 0) is 148 Å². The molecule has 0 aromatic carbocycles. The fourth-order valence-electron chi connectivity index (χ4n) is 14.3. The van der Waals surface area contributed by atoms with E-state index in [1.807, 2.05) is 0 Å². The summed E-state index contributed by atoms with van der Waals surface area (Å²) in [6.07, 6.45) is 13.8. The lowest BCUT2D eigenvalue weighted by Crippen LogP contribution is -2.69. The van der Waals surface area contributed by atoms with E-state index >= 15 is 0 Å². The van der Waals surface area contributed by atoms with Crippen LogP contribution in [0.2, 0.25) is 0 Å². The van der Waals surface area contributed by atoms with Crippen LogP contribution in [-0.4, -0.2) is 80.1 Å². The molecule has 5 aliphatic carbocycles. The van der Waals surface area contributed by atoms with Crippen molar-refractivity contribution in [2.75, 3.05) is 52.4 Å². The van der Waals surface area contributed by atoms with Crippen molar-refractivity contribution in [1.29, 1.82) is 0 Å². The molecule has 0 radical (unpaired) electrons. The number of nitrogens with one attached hydrogen (secondary N) is 1. The number of carbonyl (C=O) groups is 2. The molecule has 0 aromatic heterocycles. The monoisotopic (exact) mass is 683 g/mol. The highest BCUT2D eigenvalue weighted by Gasteiger charge is 2.71. The van der Waals surface area contributed by atoms with Crippen molar-refractivity contribution in [2.24, 2.45) is 68.3 Å². The van der Waals surface area contributed by atoms with Gasteiger partial charge < -0.3 is 25.6 Å². The third-order valence-corrected chi connectivity index (χ3v) is 17.4. The van der Waals surface area contributed by atoms with Gasteiger partial charge in [-0.2, -0.15) is 0 Å². The van der Waals surface area contributed by atoms with Gasteiger partial charge in [0.2, 0.25) is 5.91 Å². The van der Waals surface area contributed by atoms with E-state index < -0.39 is 0 Å². The lowest BCUT2D eigenvalue weighted by molar-refractivity contribution is -0.257. The molecular weight excluding hydrogens is 608 g/mol. The van der Waals surface area contributed by atoms with Crippen LogP contribution in [0.5, 0.6) is 0 Å². The van der Waals surface area contributed by atoms with Crippen LogP contribution in [0.1, 0.15) is 132 Å². The molecule has 3 N–H and O–H groups in total. The van der Waals surface area contributed by atoms with E-state index in [4.69, 9.17) is 10.5 Å². The summed E-state index contributed by atoms with van der Waals surface area (Å²) >= 11 is 0. The van der Waals surface area contributed by atoms with Gasteiger partial charge in [0.25, 0.3) is 0 Å². The third kappa shape index (κ3) is 6.24. The molecule has 1 saturated heterocycles. The second kappa shape index (κ2) is 14.0. The number of piperazine rings is 1. The van der Waals surface area contributed by atoms with Crippen LogP contribution in [0.15, 0.2) is 0 Å². The first kappa shape index (κ1) is 37.6. The van der Waals surface area contributed by atoms with Crippen molar-refractivity contribution < 1.29 is 14.3 Å². The second-order valence-corrected chi connectivity index (χ2v) is 19.6. The molecule has 5 saturated carbocycles. The van der Waals surface area contributed by atoms with Crippen LogP contribution < -0.4 is 11.1 Å². The summed E-state index contributed by atoms with van der Waals surface area (Å²) in [6, 6.07) is 0. The van der Waals surface area contributed by atoms with Crippen LogP contribution in [0.4, 0.5) is 0 Å². The Hall–Kier alpha value is -1.18. The maximum atomic E-state index is 14.6. The van der Waals surface area contributed by atoms with Gasteiger partial charge in [0.15, 0.2) is 0 Å². The number of nitrogens with zero attached hydrogens (tertiary/aromatic N) is 2. The number of rotatable bonds is 9. The highest BCUT2D eigenvalue weighted by molar-refractivity contribution is 5.83. The quantitative estimate of drug-likeness (QED) is 0.199. The number of ether oxygens (including phenoxy) is 1. The average molecular weight is 683 g/mol. The number of esters is 1.